The molecule has 2 fully saturated rings. The van der Waals surface area contributed by atoms with E-state index in [2.05, 4.69) is 10.6 Å². The third kappa shape index (κ3) is 2.49. The molecule has 2 heterocycles. The van der Waals surface area contributed by atoms with Gasteiger partial charge in [-0.2, -0.15) is 0 Å². The maximum atomic E-state index is 12.5. The Morgan fingerprint density at radius 3 is 2.75 bits per heavy atom. The molecule has 0 bridgehead atoms. The van der Waals surface area contributed by atoms with Gasteiger partial charge in [-0.15, -0.1) is 0 Å². The summed E-state index contributed by atoms with van der Waals surface area (Å²) >= 11 is 0. The molecule has 0 aromatic heterocycles. The molecule has 2 rings (SSSR count). The van der Waals surface area contributed by atoms with E-state index in [0.29, 0.717) is 25.8 Å². The van der Waals surface area contributed by atoms with Gasteiger partial charge in [-0.25, -0.2) is 4.79 Å². The zero-order valence-electron chi connectivity index (χ0n) is 12.0. The van der Waals surface area contributed by atoms with E-state index in [4.69, 9.17) is 5.73 Å². The predicted octanol–water partition coefficient (Wildman–Crippen LogP) is -0.295. The Balaban J connectivity index is 2.13. The molecule has 20 heavy (non-hydrogen) atoms. The summed E-state index contributed by atoms with van der Waals surface area (Å²) in [5.41, 5.74) is 4.17. The largest absolute Gasteiger partial charge is 0.338 e. The minimum atomic E-state index is -0.979. The summed E-state index contributed by atoms with van der Waals surface area (Å²) in [5.74, 6) is -0.512. The van der Waals surface area contributed by atoms with Crippen LogP contribution in [0.3, 0.4) is 0 Å². The van der Waals surface area contributed by atoms with Crippen molar-refractivity contribution >= 4 is 17.8 Å². The number of amides is 4. The number of urea groups is 1. The molecule has 1 spiro atoms. The summed E-state index contributed by atoms with van der Waals surface area (Å²) in [6, 6.07) is -0.492. The van der Waals surface area contributed by atoms with E-state index in [0.717, 1.165) is 6.42 Å². The number of imide groups is 1. The van der Waals surface area contributed by atoms with E-state index >= 15 is 0 Å². The minimum absolute atomic E-state index is 0.160. The van der Waals surface area contributed by atoms with E-state index in [1.165, 1.54) is 0 Å². The van der Waals surface area contributed by atoms with Crippen LogP contribution in [0, 0.1) is 0 Å². The van der Waals surface area contributed by atoms with Gasteiger partial charge in [0.1, 0.15) is 5.54 Å². The third-order valence-corrected chi connectivity index (χ3v) is 4.05. The van der Waals surface area contributed by atoms with Crippen molar-refractivity contribution in [3.05, 3.63) is 0 Å². The summed E-state index contributed by atoms with van der Waals surface area (Å²) < 4.78 is 0. The molecular weight excluding hydrogens is 260 g/mol. The zero-order valence-corrected chi connectivity index (χ0v) is 12.0. The number of likely N-dealkylation sites (tertiary alicyclic amines) is 1. The van der Waals surface area contributed by atoms with Crippen LogP contribution in [0.2, 0.25) is 0 Å². The monoisotopic (exact) mass is 282 g/mol. The van der Waals surface area contributed by atoms with Crippen molar-refractivity contribution in [3.63, 3.8) is 0 Å². The van der Waals surface area contributed by atoms with Gasteiger partial charge in [0.25, 0.3) is 5.91 Å². The first kappa shape index (κ1) is 14.8. The number of carbonyl (C=O) groups is 3. The second kappa shape index (κ2) is 5.05. The molecule has 0 radical (unpaired) electrons. The second-order valence-corrected chi connectivity index (χ2v) is 5.99. The van der Waals surface area contributed by atoms with Gasteiger partial charge in [0.05, 0.1) is 12.1 Å². The van der Waals surface area contributed by atoms with Gasteiger partial charge in [0, 0.05) is 6.54 Å². The molecule has 4 N–H and O–H groups in total. The highest BCUT2D eigenvalue weighted by Gasteiger charge is 2.50. The Morgan fingerprint density at radius 2 is 2.20 bits per heavy atom. The third-order valence-electron chi connectivity index (χ3n) is 4.05. The van der Waals surface area contributed by atoms with Gasteiger partial charge in [0.15, 0.2) is 0 Å². The SMILES string of the molecule is CCCC(C)(N)C(=O)N1CCCC2(C1)NC(=O)NC2=O. The molecule has 4 amide bonds. The van der Waals surface area contributed by atoms with E-state index < -0.39 is 17.1 Å². The van der Waals surface area contributed by atoms with Gasteiger partial charge in [0.2, 0.25) is 5.91 Å². The second-order valence-electron chi connectivity index (χ2n) is 5.99. The van der Waals surface area contributed by atoms with Crippen LogP contribution in [0.1, 0.15) is 39.5 Å². The number of piperidine rings is 1. The molecule has 2 atom stereocenters. The molecule has 0 aromatic rings. The fraction of sp³-hybridized carbons (Fsp3) is 0.769. The summed E-state index contributed by atoms with van der Waals surface area (Å²) in [6.45, 7) is 4.45. The average molecular weight is 282 g/mol. The Morgan fingerprint density at radius 1 is 1.50 bits per heavy atom. The Kier molecular flexibility index (Phi) is 3.73. The number of hydrogen-bond acceptors (Lipinski definition) is 4. The quantitative estimate of drug-likeness (QED) is 0.618. The average Bonchev–Trinajstić information content (AvgIpc) is 2.63. The van der Waals surface area contributed by atoms with E-state index in [-0.39, 0.29) is 18.4 Å². The first-order valence-corrected chi connectivity index (χ1v) is 7.02. The van der Waals surface area contributed by atoms with Crippen molar-refractivity contribution in [2.75, 3.05) is 13.1 Å². The van der Waals surface area contributed by atoms with Crippen LogP contribution in [0.15, 0.2) is 0 Å². The normalized spacial score (nSPS) is 29.1. The smallest absolute Gasteiger partial charge is 0.322 e. The highest BCUT2D eigenvalue weighted by Crippen LogP contribution is 2.26. The summed E-state index contributed by atoms with van der Waals surface area (Å²) in [6.07, 6.45) is 2.62. The first-order chi connectivity index (χ1) is 9.31. The van der Waals surface area contributed by atoms with E-state index in [9.17, 15) is 14.4 Å². The standard InChI is InChI=1S/C13H22N4O3/c1-3-5-12(2,14)10(19)17-7-4-6-13(8-17)9(18)15-11(20)16-13/h3-8,14H2,1-2H3,(H2,15,16,18,20). The van der Waals surface area contributed by atoms with Crippen molar-refractivity contribution in [2.24, 2.45) is 5.73 Å². The van der Waals surface area contributed by atoms with Gasteiger partial charge in [-0.1, -0.05) is 13.3 Å². The predicted molar refractivity (Wildman–Crippen MR) is 72.7 cm³/mol. The van der Waals surface area contributed by atoms with Gasteiger partial charge in [-0.3, -0.25) is 14.9 Å². The fourth-order valence-corrected chi connectivity index (χ4v) is 3.03. The number of nitrogens with one attached hydrogen (secondary N) is 2. The zero-order chi connectivity index (χ0) is 15.0. The van der Waals surface area contributed by atoms with Crippen LogP contribution in [0.5, 0.6) is 0 Å². The molecule has 7 nitrogen and oxygen atoms in total. The van der Waals surface area contributed by atoms with Crippen LogP contribution < -0.4 is 16.4 Å². The maximum absolute atomic E-state index is 12.5. The molecular formula is C13H22N4O3. The lowest BCUT2D eigenvalue weighted by Crippen LogP contribution is -2.63. The van der Waals surface area contributed by atoms with Crippen molar-refractivity contribution in [1.29, 1.82) is 0 Å². The highest BCUT2D eigenvalue weighted by atomic mass is 16.2. The highest BCUT2D eigenvalue weighted by molar-refractivity contribution is 6.07. The number of hydrogen-bond donors (Lipinski definition) is 3. The van der Waals surface area contributed by atoms with Gasteiger partial charge < -0.3 is 16.0 Å². The molecule has 2 saturated heterocycles. The maximum Gasteiger partial charge on any atom is 0.322 e. The van der Waals surface area contributed by atoms with Crippen LogP contribution in [0.25, 0.3) is 0 Å². The van der Waals surface area contributed by atoms with Gasteiger partial charge in [-0.05, 0) is 26.2 Å². The molecule has 0 aromatic carbocycles. The Hall–Kier alpha value is -1.63. The number of nitrogens with zero attached hydrogens (tertiary/aromatic N) is 1. The molecule has 2 unspecified atom stereocenters. The summed E-state index contributed by atoms with van der Waals surface area (Å²) in [4.78, 5) is 37.4. The number of rotatable bonds is 3. The van der Waals surface area contributed by atoms with Crippen molar-refractivity contribution in [1.82, 2.24) is 15.5 Å². The van der Waals surface area contributed by atoms with E-state index in [1.54, 1.807) is 11.8 Å². The van der Waals surface area contributed by atoms with Crippen molar-refractivity contribution in [2.45, 2.75) is 50.6 Å². The van der Waals surface area contributed by atoms with Crippen molar-refractivity contribution < 1.29 is 14.4 Å². The summed E-state index contributed by atoms with van der Waals surface area (Å²) in [5, 5.41) is 4.90. The van der Waals surface area contributed by atoms with Crippen molar-refractivity contribution in [3.8, 4) is 0 Å². The fourth-order valence-electron chi connectivity index (χ4n) is 3.03. The molecule has 2 aliphatic rings. The van der Waals surface area contributed by atoms with Crippen LogP contribution in [-0.2, 0) is 9.59 Å². The van der Waals surface area contributed by atoms with Crippen LogP contribution in [-0.4, -0.2) is 46.9 Å². The minimum Gasteiger partial charge on any atom is -0.338 e. The lowest BCUT2D eigenvalue weighted by Gasteiger charge is -2.41. The van der Waals surface area contributed by atoms with E-state index in [1.807, 2.05) is 6.92 Å². The lowest BCUT2D eigenvalue weighted by molar-refractivity contribution is -0.140. The lowest BCUT2D eigenvalue weighted by atomic mass is 9.87. The Labute approximate surface area is 118 Å². The topological polar surface area (TPSA) is 105 Å². The number of carbonyl (C=O) groups excluding carboxylic acids is 3. The molecule has 2 aliphatic heterocycles. The molecule has 112 valence electrons. The molecule has 7 heteroatoms. The Bertz CT molecular complexity index is 449. The molecule has 0 aliphatic carbocycles. The van der Waals surface area contributed by atoms with Crippen LogP contribution >= 0.6 is 0 Å². The summed E-state index contributed by atoms with van der Waals surface area (Å²) in [7, 11) is 0. The number of nitrogens with two attached hydrogens (primary N) is 1. The van der Waals surface area contributed by atoms with Gasteiger partial charge >= 0.3 is 6.03 Å². The first-order valence-electron chi connectivity index (χ1n) is 7.02. The van der Waals surface area contributed by atoms with Crippen LogP contribution in [0.4, 0.5) is 4.79 Å². The molecule has 0 saturated carbocycles.